The molecule has 0 aliphatic rings. The maximum Gasteiger partial charge on any atom is 0.127 e. The van der Waals surface area contributed by atoms with Crippen molar-refractivity contribution < 1.29 is 14.9 Å². The molecular formula is C15H16O3. The van der Waals surface area contributed by atoms with Gasteiger partial charge in [0.15, 0.2) is 0 Å². The molecule has 0 saturated heterocycles. The van der Waals surface area contributed by atoms with E-state index < -0.39 is 6.10 Å². The van der Waals surface area contributed by atoms with Crippen molar-refractivity contribution in [3.8, 4) is 11.5 Å². The van der Waals surface area contributed by atoms with E-state index in [2.05, 4.69) is 0 Å². The van der Waals surface area contributed by atoms with Crippen molar-refractivity contribution in [2.24, 2.45) is 0 Å². The Morgan fingerprint density at radius 3 is 2.39 bits per heavy atom. The van der Waals surface area contributed by atoms with Gasteiger partial charge in [0.2, 0.25) is 0 Å². The summed E-state index contributed by atoms with van der Waals surface area (Å²) in [5.74, 6) is 1.39. The molecule has 0 saturated carbocycles. The first-order valence-corrected chi connectivity index (χ1v) is 5.84. The van der Waals surface area contributed by atoms with Crippen LogP contribution in [0.2, 0.25) is 0 Å². The fraction of sp³-hybridized carbons (Fsp3) is 0.200. The average molecular weight is 244 g/mol. The highest BCUT2D eigenvalue weighted by Gasteiger charge is 2.02. The van der Waals surface area contributed by atoms with Crippen LogP contribution in [0.5, 0.6) is 11.5 Å². The number of benzene rings is 2. The van der Waals surface area contributed by atoms with E-state index in [1.165, 1.54) is 0 Å². The average Bonchev–Trinajstić information content (AvgIpc) is 2.39. The third-order valence-electron chi connectivity index (χ3n) is 2.68. The van der Waals surface area contributed by atoms with Gasteiger partial charge in [0, 0.05) is 0 Å². The zero-order valence-electron chi connectivity index (χ0n) is 10.2. The van der Waals surface area contributed by atoms with Crippen LogP contribution in [0, 0.1) is 0 Å². The molecule has 1 atom stereocenters. The summed E-state index contributed by atoms with van der Waals surface area (Å²) in [7, 11) is 0. The molecular weight excluding hydrogens is 228 g/mol. The van der Waals surface area contributed by atoms with E-state index in [4.69, 9.17) is 9.84 Å². The first-order chi connectivity index (χ1) is 8.69. The van der Waals surface area contributed by atoms with Gasteiger partial charge in [0.05, 0.1) is 12.7 Å². The lowest BCUT2D eigenvalue weighted by molar-refractivity contribution is 0.199. The quantitative estimate of drug-likeness (QED) is 0.869. The largest absolute Gasteiger partial charge is 0.457 e. The van der Waals surface area contributed by atoms with Gasteiger partial charge in [0.1, 0.15) is 11.5 Å². The van der Waals surface area contributed by atoms with E-state index in [-0.39, 0.29) is 6.61 Å². The lowest BCUT2D eigenvalue weighted by Gasteiger charge is -2.09. The van der Waals surface area contributed by atoms with Crippen molar-refractivity contribution in [3.63, 3.8) is 0 Å². The van der Waals surface area contributed by atoms with Gasteiger partial charge in [-0.3, -0.25) is 0 Å². The summed E-state index contributed by atoms with van der Waals surface area (Å²) in [6.07, 6.45) is -0.475. The summed E-state index contributed by atoms with van der Waals surface area (Å²) >= 11 is 0. The zero-order valence-corrected chi connectivity index (χ0v) is 10.2. The summed E-state index contributed by atoms with van der Waals surface area (Å²) in [6, 6.07) is 14.6. The summed E-state index contributed by atoms with van der Waals surface area (Å²) in [5.41, 5.74) is 1.67. The van der Waals surface area contributed by atoms with Crippen LogP contribution in [-0.2, 0) is 6.61 Å². The van der Waals surface area contributed by atoms with Gasteiger partial charge in [-0.05, 0) is 42.3 Å². The van der Waals surface area contributed by atoms with Crippen LogP contribution in [0.1, 0.15) is 24.2 Å². The second-order valence-electron chi connectivity index (χ2n) is 4.15. The number of ether oxygens (including phenoxy) is 1. The number of rotatable bonds is 4. The smallest absolute Gasteiger partial charge is 0.127 e. The Morgan fingerprint density at radius 1 is 1.06 bits per heavy atom. The molecule has 0 fully saturated rings. The standard InChI is InChI=1S/C15H16O3/c1-11(17)13-5-7-14(8-6-13)18-15-4-2-3-12(9-15)10-16/h2-9,11,16-17H,10H2,1H3. The molecule has 2 N–H and O–H groups in total. The van der Waals surface area contributed by atoms with E-state index in [9.17, 15) is 5.11 Å². The molecule has 3 nitrogen and oxygen atoms in total. The molecule has 0 aliphatic carbocycles. The molecule has 2 rings (SSSR count). The van der Waals surface area contributed by atoms with Crippen LogP contribution in [-0.4, -0.2) is 10.2 Å². The molecule has 94 valence electrons. The van der Waals surface area contributed by atoms with E-state index in [0.717, 1.165) is 11.1 Å². The second-order valence-corrected chi connectivity index (χ2v) is 4.15. The maximum absolute atomic E-state index is 9.40. The number of hydrogen-bond donors (Lipinski definition) is 2. The normalized spacial score (nSPS) is 12.2. The van der Waals surface area contributed by atoms with E-state index in [1.54, 1.807) is 13.0 Å². The van der Waals surface area contributed by atoms with Crippen molar-refractivity contribution in [1.29, 1.82) is 0 Å². The summed E-state index contributed by atoms with van der Waals surface area (Å²) in [4.78, 5) is 0. The monoisotopic (exact) mass is 244 g/mol. The van der Waals surface area contributed by atoms with Gasteiger partial charge >= 0.3 is 0 Å². The molecule has 0 radical (unpaired) electrons. The molecule has 0 amide bonds. The van der Waals surface area contributed by atoms with Crippen molar-refractivity contribution in [2.75, 3.05) is 0 Å². The predicted molar refractivity (Wildman–Crippen MR) is 69.5 cm³/mol. The molecule has 0 heterocycles. The summed E-state index contributed by atoms with van der Waals surface area (Å²) < 4.78 is 5.66. The van der Waals surface area contributed by atoms with Crippen LogP contribution >= 0.6 is 0 Å². The number of hydrogen-bond acceptors (Lipinski definition) is 3. The predicted octanol–water partition coefficient (Wildman–Crippen LogP) is 3.02. The second kappa shape index (κ2) is 5.67. The summed E-state index contributed by atoms with van der Waals surface area (Å²) in [5, 5.41) is 18.4. The molecule has 0 bridgehead atoms. The van der Waals surface area contributed by atoms with Gasteiger partial charge in [-0.15, -0.1) is 0 Å². The zero-order chi connectivity index (χ0) is 13.0. The lowest BCUT2D eigenvalue weighted by atomic mass is 10.1. The van der Waals surface area contributed by atoms with Gasteiger partial charge in [0.25, 0.3) is 0 Å². The van der Waals surface area contributed by atoms with Crippen LogP contribution < -0.4 is 4.74 Å². The molecule has 0 spiro atoms. The Labute approximate surface area is 106 Å². The minimum Gasteiger partial charge on any atom is -0.457 e. The third-order valence-corrected chi connectivity index (χ3v) is 2.68. The number of aliphatic hydroxyl groups is 2. The molecule has 3 heteroatoms. The van der Waals surface area contributed by atoms with Crippen molar-refractivity contribution in [1.82, 2.24) is 0 Å². The fourth-order valence-corrected chi connectivity index (χ4v) is 1.66. The van der Waals surface area contributed by atoms with E-state index in [0.29, 0.717) is 11.5 Å². The highest BCUT2D eigenvalue weighted by Crippen LogP contribution is 2.24. The van der Waals surface area contributed by atoms with Crippen LogP contribution in [0.4, 0.5) is 0 Å². The van der Waals surface area contributed by atoms with Crippen molar-refractivity contribution >= 4 is 0 Å². The highest BCUT2D eigenvalue weighted by atomic mass is 16.5. The fourth-order valence-electron chi connectivity index (χ4n) is 1.66. The van der Waals surface area contributed by atoms with Crippen LogP contribution in [0.15, 0.2) is 48.5 Å². The van der Waals surface area contributed by atoms with Crippen molar-refractivity contribution in [3.05, 3.63) is 59.7 Å². The summed E-state index contributed by atoms with van der Waals surface area (Å²) in [6.45, 7) is 1.72. The first-order valence-electron chi connectivity index (χ1n) is 5.84. The molecule has 1 unspecified atom stereocenters. The number of aliphatic hydroxyl groups excluding tert-OH is 2. The van der Waals surface area contributed by atoms with Crippen molar-refractivity contribution in [2.45, 2.75) is 19.6 Å². The Kier molecular flexibility index (Phi) is 3.97. The Bertz CT molecular complexity index is 503. The maximum atomic E-state index is 9.40. The first kappa shape index (κ1) is 12.6. The highest BCUT2D eigenvalue weighted by molar-refractivity contribution is 5.35. The van der Waals surface area contributed by atoms with Gasteiger partial charge in [-0.1, -0.05) is 24.3 Å². The van der Waals surface area contributed by atoms with Crippen LogP contribution in [0.3, 0.4) is 0 Å². The topological polar surface area (TPSA) is 49.7 Å². The van der Waals surface area contributed by atoms with Gasteiger partial charge in [-0.25, -0.2) is 0 Å². The van der Waals surface area contributed by atoms with E-state index >= 15 is 0 Å². The Morgan fingerprint density at radius 2 is 1.78 bits per heavy atom. The minimum atomic E-state index is -0.475. The van der Waals surface area contributed by atoms with E-state index in [1.807, 2.05) is 42.5 Å². The lowest BCUT2D eigenvalue weighted by Crippen LogP contribution is -1.91. The SMILES string of the molecule is CC(O)c1ccc(Oc2cccc(CO)c2)cc1. The Hall–Kier alpha value is -1.84. The minimum absolute atomic E-state index is 0.00182. The third kappa shape index (κ3) is 3.09. The molecule has 2 aromatic carbocycles. The van der Waals surface area contributed by atoms with Gasteiger partial charge in [-0.2, -0.15) is 0 Å². The molecule has 2 aromatic rings. The molecule has 0 aliphatic heterocycles. The molecule has 0 aromatic heterocycles. The van der Waals surface area contributed by atoms with Crippen LogP contribution in [0.25, 0.3) is 0 Å². The molecule has 18 heavy (non-hydrogen) atoms. The Balaban J connectivity index is 2.13. The van der Waals surface area contributed by atoms with Gasteiger partial charge < -0.3 is 14.9 Å².